The number of nitrogens with zero attached hydrogens (tertiary/aromatic N) is 1. The zero-order chi connectivity index (χ0) is 14.7. The highest BCUT2D eigenvalue weighted by Crippen LogP contribution is 2.24. The summed E-state index contributed by atoms with van der Waals surface area (Å²) in [6.07, 6.45) is 0. The maximum absolute atomic E-state index is 10.6. The van der Waals surface area contributed by atoms with E-state index >= 15 is 0 Å². The molecule has 0 bridgehead atoms. The topological polar surface area (TPSA) is 55.2 Å². The molecular weight excluding hydrogens is 252 g/mol. The molecule has 2 aromatic carbocycles. The van der Waals surface area contributed by atoms with Crippen molar-refractivity contribution in [1.82, 2.24) is 0 Å². The van der Waals surface area contributed by atoms with E-state index in [0.29, 0.717) is 0 Å². The average Bonchev–Trinajstić information content (AvgIpc) is 2.42. The van der Waals surface area contributed by atoms with Gasteiger partial charge in [-0.2, -0.15) is 0 Å². The average molecular weight is 270 g/mol. The molecular formula is C16H18N2O2. The number of anilines is 1. The quantitative estimate of drug-likeness (QED) is 0.662. The van der Waals surface area contributed by atoms with Gasteiger partial charge in [0.1, 0.15) is 0 Å². The number of nitro benzene ring substituents is 1. The Kier molecular flexibility index (Phi) is 4.03. The van der Waals surface area contributed by atoms with E-state index in [1.54, 1.807) is 12.1 Å². The molecule has 0 amide bonds. The summed E-state index contributed by atoms with van der Waals surface area (Å²) < 4.78 is 0. The van der Waals surface area contributed by atoms with Crippen molar-refractivity contribution in [1.29, 1.82) is 0 Å². The van der Waals surface area contributed by atoms with Crippen molar-refractivity contribution in [3.63, 3.8) is 0 Å². The van der Waals surface area contributed by atoms with Gasteiger partial charge in [0, 0.05) is 23.9 Å². The Hall–Kier alpha value is -2.36. The molecule has 4 nitrogen and oxygen atoms in total. The molecule has 0 radical (unpaired) electrons. The lowest BCUT2D eigenvalue weighted by Gasteiger charge is -2.18. The van der Waals surface area contributed by atoms with Crippen LogP contribution in [0, 0.1) is 24.0 Å². The minimum atomic E-state index is -0.391. The number of rotatable bonds is 4. The second-order valence-electron chi connectivity index (χ2n) is 5.03. The summed E-state index contributed by atoms with van der Waals surface area (Å²) >= 11 is 0. The molecule has 104 valence electrons. The van der Waals surface area contributed by atoms with Crippen LogP contribution >= 0.6 is 0 Å². The van der Waals surface area contributed by atoms with Crippen molar-refractivity contribution in [3.05, 3.63) is 69.3 Å². The molecule has 1 atom stereocenters. The highest BCUT2D eigenvalue weighted by Gasteiger charge is 2.10. The van der Waals surface area contributed by atoms with Crippen LogP contribution in [0.25, 0.3) is 0 Å². The van der Waals surface area contributed by atoms with Crippen LogP contribution in [0.15, 0.2) is 42.5 Å². The number of non-ortho nitro benzene ring substituents is 1. The van der Waals surface area contributed by atoms with Crippen LogP contribution in [-0.4, -0.2) is 4.92 Å². The van der Waals surface area contributed by atoms with Gasteiger partial charge in [0.05, 0.1) is 4.92 Å². The van der Waals surface area contributed by atoms with Gasteiger partial charge in [-0.05, 0) is 44.0 Å². The fourth-order valence-electron chi connectivity index (χ4n) is 2.23. The minimum absolute atomic E-state index is 0.106. The van der Waals surface area contributed by atoms with Crippen LogP contribution in [0.1, 0.15) is 29.7 Å². The number of hydrogen-bond acceptors (Lipinski definition) is 3. The first kappa shape index (κ1) is 14.1. The van der Waals surface area contributed by atoms with E-state index in [1.165, 1.54) is 28.8 Å². The molecule has 0 aliphatic rings. The summed E-state index contributed by atoms with van der Waals surface area (Å²) in [6, 6.07) is 13.0. The van der Waals surface area contributed by atoms with E-state index in [4.69, 9.17) is 0 Å². The summed E-state index contributed by atoms with van der Waals surface area (Å²) in [5.74, 6) is 0. The van der Waals surface area contributed by atoms with Crippen LogP contribution in [0.2, 0.25) is 0 Å². The monoisotopic (exact) mass is 270 g/mol. The lowest BCUT2D eigenvalue weighted by atomic mass is 10.00. The molecule has 20 heavy (non-hydrogen) atoms. The summed E-state index contributed by atoms with van der Waals surface area (Å²) in [7, 11) is 0. The fourth-order valence-corrected chi connectivity index (χ4v) is 2.23. The summed E-state index contributed by atoms with van der Waals surface area (Å²) in [5, 5.41) is 14.0. The minimum Gasteiger partial charge on any atom is -0.379 e. The third-order valence-corrected chi connectivity index (χ3v) is 3.36. The van der Waals surface area contributed by atoms with Crippen LogP contribution in [-0.2, 0) is 0 Å². The zero-order valence-electron chi connectivity index (χ0n) is 11.9. The van der Waals surface area contributed by atoms with Gasteiger partial charge in [0.15, 0.2) is 0 Å². The molecule has 1 unspecified atom stereocenters. The van der Waals surface area contributed by atoms with Gasteiger partial charge in [-0.3, -0.25) is 10.1 Å². The van der Waals surface area contributed by atoms with Gasteiger partial charge >= 0.3 is 0 Å². The largest absolute Gasteiger partial charge is 0.379 e. The third-order valence-electron chi connectivity index (χ3n) is 3.36. The van der Waals surface area contributed by atoms with Crippen molar-refractivity contribution in [2.24, 2.45) is 0 Å². The van der Waals surface area contributed by atoms with Crippen LogP contribution < -0.4 is 5.32 Å². The van der Waals surface area contributed by atoms with Crippen molar-refractivity contribution in [2.75, 3.05) is 5.32 Å². The van der Waals surface area contributed by atoms with Crippen LogP contribution in [0.3, 0.4) is 0 Å². The standard InChI is InChI=1S/C16H18N2O2/c1-11-4-5-12(2)16(10-11)13(3)17-14-6-8-15(9-7-14)18(19)20/h4-10,13,17H,1-3H3. The normalized spacial score (nSPS) is 11.9. The molecule has 0 aliphatic carbocycles. The number of hydrogen-bond donors (Lipinski definition) is 1. The van der Waals surface area contributed by atoms with E-state index in [0.717, 1.165) is 5.69 Å². The van der Waals surface area contributed by atoms with Gasteiger partial charge in [-0.15, -0.1) is 0 Å². The first-order valence-electron chi connectivity index (χ1n) is 6.55. The number of nitro groups is 1. The van der Waals surface area contributed by atoms with Crippen LogP contribution in [0.5, 0.6) is 0 Å². The van der Waals surface area contributed by atoms with Crippen molar-refractivity contribution in [2.45, 2.75) is 26.8 Å². The summed E-state index contributed by atoms with van der Waals surface area (Å²) in [6.45, 7) is 6.24. The van der Waals surface area contributed by atoms with E-state index in [9.17, 15) is 10.1 Å². The second-order valence-corrected chi connectivity index (χ2v) is 5.03. The molecule has 2 aromatic rings. The Labute approximate surface area is 118 Å². The molecule has 0 heterocycles. The number of benzene rings is 2. The van der Waals surface area contributed by atoms with Gasteiger partial charge < -0.3 is 5.32 Å². The van der Waals surface area contributed by atoms with Gasteiger partial charge in [0.25, 0.3) is 5.69 Å². The highest BCUT2D eigenvalue weighted by atomic mass is 16.6. The lowest BCUT2D eigenvalue weighted by molar-refractivity contribution is -0.384. The maximum Gasteiger partial charge on any atom is 0.269 e. The van der Waals surface area contributed by atoms with E-state index in [-0.39, 0.29) is 11.7 Å². The number of aryl methyl sites for hydroxylation is 2. The zero-order valence-corrected chi connectivity index (χ0v) is 11.9. The Bertz CT molecular complexity index is 621. The van der Waals surface area contributed by atoms with E-state index in [2.05, 4.69) is 44.3 Å². The van der Waals surface area contributed by atoms with E-state index in [1.807, 2.05) is 0 Å². The predicted octanol–water partition coefficient (Wildman–Crippen LogP) is 4.38. The SMILES string of the molecule is Cc1ccc(C)c(C(C)Nc2ccc([N+](=O)[O-])cc2)c1. The highest BCUT2D eigenvalue weighted by molar-refractivity contribution is 5.50. The Balaban J connectivity index is 2.16. The molecule has 0 spiro atoms. The molecule has 0 aromatic heterocycles. The van der Waals surface area contributed by atoms with Gasteiger partial charge in [-0.1, -0.05) is 23.8 Å². The molecule has 0 saturated carbocycles. The molecule has 4 heteroatoms. The third kappa shape index (κ3) is 3.15. The van der Waals surface area contributed by atoms with Crippen molar-refractivity contribution >= 4 is 11.4 Å². The smallest absolute Gasteiger partial charge is 0.269 e. The summed E-state index contributed by atoms with van der Waals surface area (Å²) in [4.78, 5) is 10.2. The van der Waals surface area contributed by atoms with E-state index < -0.39 is 4.92 Å². The molecule has 0 saturated heterocycles. The Morgan fingerprint density at radius 2 is 1.75 bits per heavy atom. The van der Waals surface area contributed by atoms with Crippen LogP contribution in [0.4, 0.5) is 11.4 Å². The lowest BCUT2D eigenvalue weighted by Crippen LogP contribution is -2.08. The number of nitrogens with one attached hydrogen (secondary N) is 1. The molecule has 1 N–H and O–H groups in total. The maximum atomic E-state index is 10.6. The molecule has 2 rings (SSSR count). The fraction of sp³-hybridized carbons (Fsp3) is 0.250. The molecule has 0 fully saturated rings. The first-order valence-corrected chi connectivity index (χ1v) is 6.55. The second kappa shape index (κ2) is 5.74. The van der Waals surface area contributed by atoms with Gasteiger partial charge in [0.2, 0.25) is 0 Å². The van der Waals surface area contributed by atoms with Crippen molar-refractivity contribution in [3.8, 4) is 0 Å². The van der Waals surface area contributed by atoms with Gasteiger partial charge in [-0.25, -0.2) is 0 Å². The van der Waals surface area contributed by atoms with Crippen molar-refractivity contribution < 1.29 is 4.92 Å². The Morgan fingerprint density at radius 3 is 2.35 bits per heavy atom. The first-order chi connectivity index (χ1) is 9.47. The summed E-state index contributed by atoms with van der Waals surface area (Å²) in [5.41, 5.74) is 4.68. The molecule has 0 aliphatic heterocycles. The Morgan fingerprint density at radius 1 is 1.10 bits per heavy atom. The predicted molar refractivity (Wildman–Crippen MR) is 81.1 cm³/mol.